The lowest BCUT2D eigenvalue weighted by Crippen LogP contribution is -2.81. The van der Waals surface area contributed by atoms with Gasteiger partial charge >= 0.3 is 16.4 Å². The predicted molar refractivity (Wildman–Crippen MR) is 239 cm³/mol. The van der Waals surface area contributed by atoms with Gasteiger partial charge in [-0.2, -0.15) is 8.42 Å². The normalized spacial score (nSPS) is 35.3. The van der Waals surface area contributed by atoms with Crippen LogP contribution in [0.4, 0.5) is 5.69 Å². The van der Waals surface area contributed by atoms with Gasteiger partial charge in [-0.1, -0.05) is 44.2 Å². The van der Waals surface area contributed by atoms with Crippen molar-refractivity contribution >= 4 is 38.9 Å². The standard InChI is InChI=1S/C46H61N5O9.H2O4S/c1-6-42(57)21-27-22-45(41(56)60-5,36-30(13-17-50(24-27)26-42)29-11-8-9-12-33(29)48-36)32-19-31-34(20-35(32)59-4)49(3)38-44(31)15-18-51-16-10-14-43(7-2,37(44)51)39(54)46(38,58)40(55)47-23-28(53)25-52;1-5(2,3)4/h8-12,14,19-20,27-28,37-39,48,52-54,57-58H,6-7,13,15-18,21-26H2,1-5H3,(H,47,55);(H2,1,2,3,4)/t27-,28?,37+,38-,39-,42+,43-,44-,45+,46+;/m1./s1. The molecule has 6 aliphatic rings. The maximum atomic E-state index is 15.3. The summed E-state index contributed by atoms with van der Waals surface area (Å²) < 4.78 is 43.9. The molecule has 19 heteroatoms. The Balaban J connectivity index is 0.00000109. The highest BCUT2D eigenvalue weighted by atomic mass is 32.3. The molecule has 1 spiro atoms. The van der Waals surface area contributed by atoms with Gasteiger partial charge in [-0.05, 0) is 74.2 Å². The number of aliphatic hydroxyl groups excluding tert-OH is 3. The molecule has 9 N–H and O–H groups in total. The van der Waals surface area contributed by atoms with Crippen LogP contribution in [0.1, 0.15) is 68.3 Å². The summed E-state index contributed by atoms with van der Waals surface area (Å²) >= 11 is 0. The van der Waals surface area contributed by atoms with Crippen LogP contribution in [0.2, 0.25) is 0 Å². The summed E-state index contributed by atoms with van der Waals surface area (Å²) in [5, 5.41) is 61.4. The van der Waals surface area contributed by atoms with Gasteiger partial charge in [0.15, 0.2) is 5.60 Å². The van der Waals surface area contributed by atoms with Gasteiger partial charge in [0.2, 0.25) is 0 Å². The van der Waals surface area contributed by atoms with E-state index in [1.165, 1.54) is 7.11 Å². The molecule has 356 valence electrons. The first kappa shape index (κ1) is 47.3. The summed E-state index contributed by atoms with van der Waals surface area (Å²) in [6.07, 6.45) is 4.17. The Morgan fingerprint density at radius 2 is 1.75 bits per heavy atom. The van der Waals surface area contributed by atoms with Crippen molar-refractivity contribution in [1.29, 1.82) is 0 Å². The quantitative estimate of drug-likeness (QED) is 0.0826. The molecule has 1 aromatic heterocycles. The van der Waals surface area contributed by atoms with Crippen molar-refractivity contribution in [3.8, 4) is 5.75 Å². The van der Waals surface area contributed by atoms with Crippen molar-refractivity contribution < 1.29 is 62.1 Å². The number of H-pyrrole nitrogens is 1. The van der Waals surface area contributed by atoms with Crippen LogP contribution < -0.4 is 15.0 Å². The maximum Gasteiger partial charge on any atom is 0.394 e. The molecule has 0 radical (unpaired) electrons. The molecule has 1 saturated carbocycles. The molecule has 2 aromatic carbocycles. The summed E-state index contributed by atoms with van der Waals surface area (Å²) in [5.74, 6) is -0.972. The monoisotopic (exact) mass is 925 g/mol. The smallest absolute Gasteiger partial charge is 0.394 e. The first-order chi connectivity index (χ1) is 30.7. The van der Waals surface area contributed by atoms with Gasteiger partial charge in [0.1, 0.15) is 17.3 Å². The van der Waals surface area contributed by atoms with Crippen LogP contribution in [0, 0.1) is 11.3 Å². The van der Waals surface area contributed by atoms with Gasteiger partial charge in [0.05, 0.1) is 38.6 Å². The van der Waals surface area contributed by atoms with Gasteiger partial charge < -0.3 is 50.2 Å². The number of anilines is 1. The number of hydrogen-bond donors (Lipinski definition) is 9. The van der Waals surface area contributed by atoms with Crippen LogP contribution in [0.15, 0.2) is 48.6 Å². The summed E-state index contributed by atoms with van der Waals surface area (Å²) in [5.41, 5.74) is -1.99. The predicted octanol–water partition coefficient (Wildman–Crippen LogP) is 1.06. The minimum atomic E-state index is -4.67. The summed E-state index contributed by atoms with van der Waals surface area (Å²) in [6, 6.07) is 10.8. The van der Waals surface area contributed by atoms with Crippen LogP contribution in [-0.4, -0.2) is 172 Å². The van der Waals surface area contributed by atoms with E-state index in [4.69, 9.17) is 27.0 Å². The van der Waals surface area contributed by atoms with Crippen LogP contribution >= 0.6 is 0 Å². The number of benzene rings is 2. The van der Waals surface area contributed by atoms with Gasteiger partial charge in [-0.25, -0.2) is 0 Å². The highest BCUT2D eigenvalue weighted by Crippen LogP contribution is 2.67. The minimum Gasteiger partial charge on any atom is -0.496 e. The average Bonchev–Trinajstić information content (AvgIpc) is 3.94. The lowest BCUT2D eigenvalue weighted by molar-refractivity contribution is -0.203. The lowest BCUT2D eigenvalue weighted by atomic mass is 9.47. The SMILES string of the molecule is CC[C@]1(O)C[C@H]2CN(CCc3c([nH]c4ccccc34)[C@@](C(=O)OC)(c3cc4c(cc3OC)N(C)[C@H]3[C@@](O)(C(=O)NCC(O)CO)[C@H](O)[C@]5(CC)C=CCN6CC[C@]43[C@@H]65)C2)C1.O=S(=O)(O)O. The Morgan fingerprint density at radius 1 is 1.03 bits per heavy atom. The molecule has 2 bridgehead atoms. The molecule has 9 rings (SSSR count). The van der Waals surface area contributed by atoms with Crippen molar-refractivity contribution in [2.45, 2.75) is 98.7 Å². The molecule has 5 aliphatic heterocycles. The van der Waals surface area contributed by atoms with Crippen LogP contribution in [0.25, 0.3) is 10.9 Å². The zero-order valence-electron chi connectivity index (χ0n) is 37.5. The second kappa shape index (κ2) is 16.9. The minimum absolute atomic E-state index is 0.113. The number of nitrogens with zero attached hydrogens (tertiary/aromatic N) is 3. The second-order valence-corrected chi connectivity index (χ2v) is 20.0. The number of methoxy groups -OCH3 is 2. The Morgan fingerprint density at radius 3 is 2.42 bits per heavy atom. The van der Waals surface area contributed by atoms with E-state index >= 15 is 4.79 Å². The first-order valence-electron chi connectivity index (χ1n) is 22.4. The number of nitrogens with one attached hydrogen (secondary N) is 2. The zero-order chi connectivity index (χ0) is 47.1. The number of ether oxygens (including phenoxy) is 2. The van der Waals surface area contributed by atoms with Gasteiger partial charge in [-0.15, -0.1) is 0 Å². The second-order valence-electron chi connectivity index (χ2n) is 19.1. The number of likely N-dealkylation sites (N-methyl/N-ethyl adjacent to an activating group) is 1. The molecule has 3 fully saturated rings. The number of hydrogen-bond acceptors (Lipinski definition) is 14. The Labute approximate surface area is 378 Å². The highest BCUT2D eigenvalue weighted by Gasteiger charge is 2.78. The van der Waals surface area contributed by atoms with Crippen molar-refractivity contribution in [2.75, 3.05) is 72.0 Å². The van der Waals surface area contributed by atoms with Gasteiger partial charge in [0, 0.05) is 90.6 Å². The number of fused-ring (bicyclic) bond motifs is 6. The van der Waals surface area contributed by atoms with E-state index < -0.39 is 74.6 Å². The molecule has 3 aromatic rings. The lowest BCUT2D eigenvalue weighted by Gasteiger charge is -2.63. The third-order valence-corrected chi connectivity index (χ3v) is 15.9. The number of amides is 1. The Bertz CT molecular complexity index is 2480. The van der Waals surface area contributed by atoms with Crippen LogP contribution in [0.3, 0.4) is 0 Å². The molecule has 2 unspecified atom stereocenters. The van der Waals surface area contributed by atoms with E-state index in [-0.39, 0.29) is 18.5 Å². The topological polar surface area (TPSA) is 266 Å². The number of esters is 1. The number of rotatable bonds is 9. The molecule has 18 nitrogen and oxygen atoms in total. The van der Waals surface area contributed by atoms with Gasteiger partial charge in [-0.3, -0.25) is 28.5 Å². The van der Waals surface area contributed by atoms with Crippen LogP contribution in [-0.2, 0) is 42.0 Å². The summed E-state index contributed by atoms with van der Waals surface area (Å²) in [6.45, 7) is 6.29. The fraction of sp³-hybridized carbons (Fsp3) is 0.609. The average molecular weight is 926 g/mol. The highest BCUT2D eigenvalue weighted by molar-refractivity contribution is 7.79. The maximum absolute atomic E-state index is 15.3. The molecule has 1 amide bonds. The van der Waals surface area contributed by atoms with Crippen molar-refractivity contribution in [3.05, 3.63) is 70.9 Å². The number of aromatic nitrogens is 1. The third-order valence-electron chi connectivity index (χ3n) is 15.9. The number of para-hydroxylation sites is 1. The Hall–Kier alpha value is -4.15. The molecule has 6 heterocycles. The van der Waals surface area contributed by atoms with Gasteiger partial charge in [0.25, 0.3) is 5.91 Å². The van der Waals surface area contributed by atoms with Crippen molar-refractivity contribution in [1.82, 2.24) is 20.1 Å². The number of aliphatic hydroxyl groups is 5. The first-order valence-corrected chi connectivity index (χ1v) is 23.8. The van der Waals surface area contributed by atoms with Crippen LogP contribution in [0.5, 0.6) is 5.75 Å². The van der Waals surface area contributed by atoms with E-state index in [0.29, 0.717) is 88.2 Å². The molecule has 11 atom stereocenters. The summed E-state index contributed by atoms with van der Waals surface area (Å²) in [4.78, 5) is 40.3. The number of piperidine rings is 1. The molecule has 2 saturated heterocycles. The fourth-order valence-electron chi connectivity index (χ4n) is 13.4. The number of carbonyl (C=O) groups is 2. The van der Waals surface area contributed by atoms with Crippen molar-refractivity contribution in [3.63, 3.8) is 0 Å². The van der Waals surface area contributed by atoms with E-state index in [0.717, 1.165) is 27.7 Å². The van der Waals surface area contributed by atoms with E-state index in [1.807, 2.05) is 62.2 Å². The largest absolute Gasteiger partial charge is 0.496 e. The molecule has 1 aliphatic carbocycles. The molecule has 65 heavy (non-hydrogen) atoms. The summed E-state index contributed by atoms with van der Waals surface area (Å²) in [7, 11) is 0.172. The van der Waals surface area contributed by atoms with E-state index in [1.54, 1.807) is 7.11 Å². The van der Waals surface area contributed by atoms with E-state index in [2.05, 4.69) is 32.2 Å². The molecular weight excluding hydrogens is 863 g/mol. The third kappa shape index (κ3) is 7.19. The van der Waals surface area contributed by atoms with E-state index in [9.17, 15) is 30.3 Å². The molecular formula is C46H63N5O13S. The number of aromatic amines is 1. The fourth-order valence-corrected chi connectivity index (χ4v) is 13.4. The zero-order valence-corrected chi connectivity index (χ0v) is 38.3. The number of carbonyl (C=O) groups excluding carboxylic acids is 2. The van der Waals surface area contributed by atoms with Crippen molar-refractivity contribution in [2.24, 2.45) is 11.3 Å². The Kier molecular flexibility index (Phi) is 12.3.